The van der Waals surface area contributed by atoms with E-state index in [1.165, 1.54) is 0 Å². The molecule has 0 radical (unpaired) electrons. The summed E-state index contributed by atoms with van der Waals surface area (Å²) >= 11 is 0. The van der Waals surface area contributed by atoms with Crippen molar-refractivity contribution in [2.45, 2.75) is 38.6 Å². The van der Waals surface area contributed by atoms with Gasteiger partial charge in [0.05, 0.1) is 23.6 Å². The summed E-state index contributed by atoms with van der Waals surface area (Å²) in [6, 6.07) is 15.6. The van der Waals surface area contributed by atoms with Gasteiger partial charge in [0.1, 0.15) is 0 Å². The fraction of sp³-hybridized carbons (Fsp3) is 0.304. The number of aromatic amines is 1. The lowest BCUT2D eigenvalue weighted by atomic mass is 9.86. The normalized spacial score (nSPS) is 15.8. The average molecular weight is 376 g/mol. The van der Waals surface area contributed by atoms with E-state index in [0.717, 1.165) is 47.0 Å². The van der Waals surface area contributed by atoms with Gasteiger partial charge in [-0.15, -0.1) is 0 Å². The number of amides is 1. The molecule has 0 saturated carbocycles. The number of carbonyl (C=O) groups excluding carboxylic acids is 2. The fourth-order valence-corrected chi connectivity index (χ4v) is 4.03. The van der Waals surface area contributed by atoms with Gasteiger partial charge in [-0.3, -0.25) is 9.59 Å². The third-order valence-corrected chi connectivity index (χ3v) is 5.35. The van der Waals surface area contributed by atoms with Crippen molar-refractivity contribution in [2.75, 3.05) is 6.61 Å². The summed E-state index contributed by atoms with van der Waals surface area (Å²) in [6.07, 6.45) is 2.61. The average Bonchev–Trinajstić information content (AvgIpc) is 3.11. The van der Waals surface area contributed by atoms with Crippen LogP contribution in [-0.2, 0) is 22.5 Å². The first kappa shape index (κ1) is 18.3. The van der Waals surface area contributed by atoms with Gasteiger partial charge in [0.15, 0.2) is 0 Å². The van der Waals surface area contributed by atoms with Crippen LogP contribution in [0.5, 0.6) is 0 Å². The molecule has 5 nitrogen and oxygen atoms in total. The van der Waals surface area contributed by atoms with Gasteiger partial charge >= 0.3 is 5.97 Å². The van der Waals surface area contributed by atoms with Crippen LogP contribution in [0.2, 0.25) is 0 Å². The van der Waals surface area contributed by atoms with Crippen molar-refractivity contribution in [3.8, 4) is 0 Å². The largest absolute Gasteiger partial charge is 0.465 e. The Bertz CT molecular complexity index is 1010. The summed E-state index contributed by atoms with van der Waals surface area (Å²) in [5, 5.41) is 4.02. The summed E-state index contributed by atoms with van der Waals surface area (Å²) in [4.78, 5) is 28.6. The predicted molar refractivity (Wildman–Crippen MR) is 108 cm³/mol. The van der Waals surface area contributed by atoms with Crippen molar-refractivity contribution < 1.29 is 14.3 Å². The zero-order chi connectivity index (χ0) is 19.5. The summed E-state index contributed by atoms with van der Waals surface area (Å²) < 4.78 is 5.26. The molecule has 0 spiro atoms. The molecule has 0 unspecified atom stereocenters. The zero-order valence-electron chi connectivity index (χ0n) is 16.0. The van der Waals surface area contributed by atoms with E-state index in [1.54, 1.807) is 0 Å². The van der Waals surface area contributed by atoms with E-state index in [2.05, 4.69) is 10.3 Å². The number of para-hydroxylation sites is 1. The minimum absolute atomic E-state index is 0.124. The molecule has 4 rings (SSSR count). The number of ether oxygens (including phenoxy) is 1. The number of fused-ring (bicyclic) bond motifs is 3. The molecule has 0 fully saturated rings. The van der Waals surface area contributed by atoms with Crippen LogP contribution in [-0.4, -0.2) is 23.5 Å². The van der Waals surface area contributed by atoms with Gasteiger partial charge in [-0.1, -0.05) is 42.5 Å². The number of hydrogen-bond donors (Lipinski definition) is 2. The lowest BCUT2D eigenvalue weighted by molar-refractivity contribution is -0.145. The van der Waals surface area contributed by atoms with Crippen LogP contribution in [0.15, 0.2) is 48.5 Å². The van der Waals surface area contributed by atoms with Gasteiger partial charge in [0.2, 0.25) is 0 Å². The molecular weight excluding hydrogens is 352 g/mol. The Labute approximate surface area is 164 Å². The number of benzene rings is 2. The van der Waals surface area contributed by atoms with Crippen LogP contribution >= 0.6 is 0 Å². The van der Waals surface area contributed by atoms with Crippen molar-refractivity contribution >= 4 is 22.8 Å². The van der Waals surface area contributed by atoms with E-state index >= 15 is 0 Å². The van der Waals surface area contributed by atoms with Gasteiger partial charge in [-0.25, -0.2) is 0 Å². The fourth-order valence-electron chi connectivity index (χ4n) is 4.03. The number of carbonyl (C=O) groups is 2. The molecule has 2 aromatic carbocycles. The second kappa shape index (κ2) is 7.89. The number of rotatable bonds is 5. The van der Waals surface area contributed by atoms with Crippen LogP contribution in [0.3, 0.4) is 0 Å². The summed E-state index contributed by atoms with van der Waals surface area (Å²) in [5.74, 6) is -0.595. The lowest BCUT2D eigenvalue weighted by Gasteiger charge is -2.20. The number of aryl methyl sites for hydroxylation is 1. The highest BCUT2D eigenvalue weighted by Gasteiger charge is 2.31. The van der Waals surface area contributed by atoms with Gasteiger partial charge < -0.3 is 15.0 Å². The first-order chi connectivity index (χ1) is 13.7. The van der Waals surface area contributed by atoms with E-state index in [1.807, 2.05) is 55.5 Å². The van der Waals surface area contributed by atoms with E-state index in [9.17, 15) is 9.59 Å². The smallest absolute Gasteiger partial charge is 0.314 e. The summed E-state index contributed by atoms with van der Waals surface area (Å²) in [6.45, 7) is 2.67. The lowest BCUT2D eigenvalue weighted by Crippen LogP contribution is -2.23. The first-order valence-corrected chi connectivity index (χ1v) is 9.81. The number of nitrogens with one attached hydrogen (secondary N) is 2. The predicted octanol–water partition coefficient (Wildman–Crippen LogP) is 4.08. The molecule has 1 aliphatic rings. The topological polar surface area (TPSA) is 71.2 Å². The maximum absolute atomic E-state index is 12.8. The van der Waals surface area contributed by atoms with E-state index in [-0.39, 0.29) is 17.8 Å². The molecule has 1 amide bonds. The van der Waals surface area contributed by atoms with E-state index in [4.69, 9.17) is 4.74 Å². The van der Waals surface area contributed by atoms with E-state index in [0.29, 0.717) is 18.7 Å². The molecule has 5 heteroatoms. The highest BCUT2D eigenvalue weighted by Crippen LogP contribution is 2.37. The molecule has 28 heavy (non-hydrogen) atoms. The van der Waals surface area contributed by atoms with Crippen molar-refractivity contribution in [2.24, 2.45) is 0 Å². The minimum Gasteiger partial charge on any atom is -0.465 e. The number of hydrogen-bond acceptors (Lipinski definition) is 3. The Morgan fingerprint density at radius 3 is 2.75 bits per heavy atom. The number of aromatic nitrogens is 1. The van der Waals surface area contributed by atoms with Crippen LogP contribution in [0, 0.1) is 0 Å². The molecule has 144 valence electrons. The molecule has 0 aliphatic heterocycles. The maximum atomic E-state index is 12.8. The first-order valence-electron chi connectivity index (χ1n) is 9.81. The van der Waals surface area contributed by atoms with E-state index < -0.39 is 0 Å². The van der Waals surface area contributed by atoms with Gasteiger partial charge in [0.25, 0.3) is 5.91 Å². The molecule has 0 saturated heterocycles. The van der Waals surface area contributed by atoms with Crippen LogP contribution in [0.1, 0.15) is 52.9 Å². The van der Waals surface area contributed by atoms with Crippen molar-refractivity contribution in [3.63, 3.8) is 0 Å². The minimum atomic E-state index is -0.281. The quantitative estimate of drug-likeness (QED) is 0.659. The Morgan fingerprint density at radius 2 is 1.96 bits per heavy atom. The SMILES string of the molecule is CCOC(=O)[C@H]1CCCc2c1[nH]c1c(C(=O)NCc3ccccc3)cccc21. The molecule has 2 N–H and O–H groups in total. The molecule has 1 aliphatic carbocycles. The molecular formula is C23H24N2O3. The van der Waals surface area contributed by atoms with Crippen LogP contribution in [0.25, 0.3) is 10.9 Å². The second-order valence-electron chi connectivity index (χ2n) is 7.11. The third kappa shape index (κ3) is 3.40. The van der Waals surface area contributed by atoms with Crippen LogP contribution in [0.4, 0.5) is 0 Å². The third-order valence-electron chi connectivity index (χ3n) is 5.35. The molecule has 1 atom stereocenters. The second-order valence-corrected chi connectivity index (χ2v) is 7.11. The van der Waals surface area contributed by atoms with Gasteiger partial charge in [0, 0.05) is 17.6 Å². The van der Waals surface area contributed by atoms with Crippen molar-refractivity contribution in [3.05, 3.63) is 70.9 Å². The Kier molecular flexibility index (Phi) is 5.15. The maximum Gasteiger partial charge on any atom is 0.314 e. The highest BCUT2D eigenvalue weighted by molar-refractivity contribution is 6.07. The van der Waals surface area contributed by atoms with Crippen molar-refractivity contribution in [1.29, 1.82) is 0 Å². The standard InChI is InChI=1S/C23H24N2O3/c1-2-28-23(27)19-13-7-11-17-16-10-6-12-18(20(16)25-21(17)19)22(26)24-14-15-8-4-3-5-9-15/h3-6,8-10,12,19,25H,2,7,11,13-14H2,1H3,(H,24,26)/t19-/m0/s1. The molecule has 0 bridgehead atoms. The summed E-state index contributed by atoms with van der Waals surface area (Å²) in [5.41, 5.74) is 4.50. The Balaban J connectivity index is 1.65. The van der Waals surface area contributed by atoms with Crippen LogP contribution < -0.4 is 5.32 Å². The Morgan fingerprint density at radius 1 is 1.14 bits per heavy atom. The van der Waals surface area contributed by atoms with Crippen molar-refractivity contribution in [1.82, 2.24) is 10.3 Å². The Hall–Kier alpha value is -3.08. The highest BCUT2D eigenvalue weighted by atomic mass is 16.5. The molecule has 1 heterocycles. The van der Waals surface area contributed by atoms with Gasteiger partial charge in [-0.05, 0) is 43.4 Å². The van der Waals surface area contributed by atoms with Gasteiger partial charge in [-0.2, -0.15) is 0 Å². The number of H-pyrrole nitrogens is 1. The number of esters is 1. The zero-order valence-corrected chi connectivity index (χ0v) is 16.0. The molecule has 1 aromatic heterocycles. The summed E-state index contributed by atoms with van der Waals surface area (Å²) in [7, 11) is 0. The monoisotopic (exact) mass is 376 g/mol. The molecule has 3 aromatic rings.